The van der Waals surface area contributed by atoms with Gasteiger partial charge in [0.2, 0.25) is 5.91 Å². The van der Waals surface area contributed by atoms with E-state index in [-0.39, 0.29) is 24.2 Å². The average Bonchev–Trinajstić information content (AvgIpc) is 3.05. The lowest BCUT2D eigenvalue weighted by Crippen LogP contribution is -2.34. The van der Waals surface area contributed by atoms with Crippen molar-refractivity contribution < 1.29 is 14.5 Å². The molecular weight excluding hydrogens is 362 g/mol. The Balaban J connectivity index is 1.93. The van der Waals surface area contributed by atoms with Gasteiger partial charge < -0.3 is 9.64 Å². The van der Waals surface area contributed by atoms with Gasteiger partial charge >= 0.3 is 0 Å². The zero-order chi connectivity index (χ0) is 20.1. The Hall–Kier alpha value is -3.58. The molecule has 1 aliphatic heterocycles. The maximum absolute atomic E-state index is 12.2. The molecule has 0 unspecified atom stereocenters. The molecule has 1 aliphatic rings. The number of carbonyl (C=O) groups is 1. The van der Waals surface area contributed by atoms with E-state index in [4.69, 9.17) is 10.3 Å². The lowest BCUT2D eigenvalue weighted by Gasteiger charge is -2.24. The van der Waals surface area contributed by atoms with Gasteiger partial charge in [-0.2, -0.15) is 0 Å². The first kappa shape index (κ1) is 19.2. The molecular formula is C19H19N5O4. The monoisotopic (exact) mass is 381 g/mol. The van der Waals surface area contributed by atoms with Gasteiger partial charge in [0.15, 0.2) is 0 Å². The molecule has 1 atom stereocenters. The maximum atomic E-state index is 12.2. The summed E-state index contributed by atoms with van der Waals surface area (Å²) in [6, 6.07) is 11.7. The predicted octanol–water partition coefficient (Wildman–Crippen LogP) is 4.07. The van der Waals surface area contributed by atoms with Crippen LogP contribution in [0.15, 0.2) is 47.6 Å². The zero-order valence-corrected chi connectivity index (χ0v) is 15.3. The summed E-state index contributed by atoms with van der Waals surface area (Å²) in [4.78, 5) is 27.4. The SMILES string of the molecule is COc1ccc(CN2C(=O)CC[C@@H]2CN=[N+]=[N-])cc1-c1cccc([N+](=O)[O-])c1. The molecule has 144 valence electrons. The molecule has 0 saturated carbocycles. The van der Waals surface area contributed by atoms with Gasteiger partial charge in [-0.25, -0.2) is 0 Å². The molecule has 1 saturated heterocycles. The van der Waals surface area contributed by atoms with Crippen LogP contribution >= 0.6 is 0 Å². The summed E-state index contributed by atoms with van der Waals surface area (Å²) in [7, 11) is 1.54. The fourth-order valence-electron chi connectivity index (χ4n) is 3.39. The van der Waals surface area contributed by atoms with Crippen molar-refractivity contribution in [3.05, 3.63) is 68.6 Å². The second-order valence-electron chi connectivity index (χ2n) is 6.47. The number of amides is 1. The summed E-state index contributed by atoms with van der Waals surface area (Å²) in [6.07, 6.45) is 1.09. The topological polar surface area (TPSA) is 121 Å². The molecule has 0 radical (unpaired) electrons. The Labute approximate surface area is 161 Å². The number of hydrogen-bond acceptors (Lipinski definition) is 5. The minimum absolute atomic E-state index is 0.00546. The van der Waals surface area contributed by atoms with Crippen LogP contribution in [0.2, 0.25) is 0 Å². The number of nitro benzene ring substituents is 1. The Bertz CT molecular complexity index is 955. The van der Waals surface area contributed by atoms with Crippen LogP contribution < -0.4 is 4.74 Å². The Morgan fingerprint density at radius 2 is 2.18 bits per heavy atom. The molecule has 1 amide bonds. The number of azide groups is 1. The molecule has 0 aromatic heterocycles. The number of nitrogens with zero attached hydrogens (tertiary/aromatic N) is 5. The summed E-state index contributed by atoms with van der Waals surface area (Å²) in [5.41, 5.74) is 10.8. The second-order valence-corrected chi connectivity index (χ2v) is 6.47. The number of hydrogen-bond donors (Lipinski definition) is 0. The van der Waals surface area contributed by atoms with Gasteiger partial charge in [0, 0.05) is 48.2 Å². The van der Waals surface area contributed by atoms with Gasteiger partial charge in [-0.3, -0.25) is 14.9 Å². The van der Waals surface area contributed by atoms with E-state index >= 15 is 0 Å². The van der Waals surface area contributed by atoms with Crippen molar-refractivity contribution in [2.45, 2.75) is 25.4 Å². The quantitative estimate of drug-likeness (QED) is 0.236. The minimum Gasteiger partial charge on any atom is -0.496 e. The van der Waals surface area contributed by atoms with Gasteiger partial charge in [0.1, 0.15) is 5.75 Å². The average molecular weight is 381 g/mol. The number of non-ortho nitro benzene ring substituents is 1. The van der Waals surface area contributed by atoms with E-state index in [1.165, 1.54) is 19.2 Å². The first-order chi connectivity index (χ1) is 13.5. The third-order valence-electron chi connectivity index (χ3n) is 4.79. The van der Waals surface area contributed by atoms with Crippen molar-refractivity contribution >= 4 is 11.6 Å². The van der Waals surface area contributed by atoms with Crippen LogP contribution in [0.25, 0.3) is 21.6 Å². The van der Waals surface area contributed by atoms with Crippen molar-refractivity contribution in [3.8, 4) is 16.9 Å². The highest BCUT2D eigenvalue weighted by Crippen LogP contribution is 2.33. The fourth-order valence-corrected chi connectivity index (χ4v) is 3.39. The van der Waals surface area contributed by atoms with Gasteiger partial charge in [0.05, 0.1) is 12.0 Å². The van der Waals surface area contributed by atoms with E-state index in [0.717, 1.165) is 5.56 Å². The highest BCUT2D eigenvalue weighted by molar-refractivity contribution is 5.79. The van der Waals surface area contributed by atoms with E-state index in [1.54, 1.807) is 23.1 Å². The summed E-state index contributed by atoms with van der Waals surface area (Å²) in [6.45, 7) is 0.618. The molecule has 2 aromatic rings. The summed E-state index contributed by atoms with van der Waals surface area (Å²) < 4.78 is 5.41. The number of nitro groups is 1. The standard InChI is InChI=1S/C19H19N5O4/c1-28-18-7-5-13(12-23-16(11-21-22-20)6-8-19(23)25)9-17(18)14-3-2-4-15(10-14)24(26)27/h2-5,7,9-10,16H,6,8,11-12H2,1H3/t16-/m1/s1. The number of ether oxygens (including phenoxy) is 1. The molecule has 0 spiro atoms. The van der Waals surface area contributed by atoms with E-state index < -0.39 is 4.92 Å². The number of rotatable bonds is 7. The van der Waals surface area contributed by atoms with Crippen LogP contribution in [-0.4, -0.2) is 35.4 Å². The van der Waals surface area contributed by atoms with Gasteiger partial charge in [0.25, 0.3) is 5.69 Å². The van der Waals surface area contributed by atoms with Crippen LogP contribution in [0.4, 0.5) is 5.69 Å². The number of carbonyl (C=O) groups excluding carboxylic acids is 1. The second kappa shape index (κ2) is 8.41. The molecule has 1 heterocycles. The number of benzene rings is 2. The Morgan fingerprint density at radius 1 is 1.36 bits per heavy atom. The molecule has 2 aromatic carbocycles. The molecule has 0 N–H and O–H groups in total. The van der Waals surface area contributed by atoms with Gasteiger partial charge in [-0.1, -0.05) is 23.3 Å². The molecule has 1 fully saturated rings. The largest absolute Gasteiger partial charge is 0.496 e. The van der Waals surface area contributed by atoms with Crippen LogP contribution in [0, 0.1) is 10.1 Å². The summed E-state index contributed by atoms with van der Waals surface area (Å²) in [5, 5.41) is 14.7. The normalized spacial score (nSPS) is 16.0. The van der Waals surface area contributed by atoms with Gasteiger partial charge in [-0.15, -0.1) is 0 Å². The number of methoxy groups -OCH3 is 1. The first-order valence-electron chi connectivity index (χ1n) is 8.75. The molecule has 28 heavy (non-hydrogen) atoms. The number of likely N-dealkylation sites (tertiary alicyclic amines) is 1. The van der Waals surface area contributed by atoms with E-state index in [9.17, 15) is 14.9 Å². The highest BCUT2D eigenvalue weighted by Gasteiger charge is 2.30. The lowest BCUT2D eigenvalue weighted by molar-refractivity contribution is -0.384. The van der Waals surface area contributed by atoms with Crippen molar-refractivity contribution in [2.75, 3.05) is 13.7 Å². The van der Waals surface area contributed by atoms with Crippen molar-refractivity contribution in [1.29, 1.82) is 0 Å². The smallest absolute Gasteiger partial charge is 0.270 e. The van der Waals surface area contributed by atoms with E-state index in [0.29, 0.717) is 36.3 Å². The van der Waals surface area contributed by atoms with Crippen LogP contribution in [0.1, 0.15) is 18.4 Å². The predicted molar refractivity (Wildman–Crippen MR) is 103 cm³/mol. The van der Waals surface area contributed by atoms with Crippen LogP contribution in [0.5, 0.6) is 5.75 Å². The first-order valence-corrected chi connectivity index (χ1v) is 8.75. The summed E-state index contributed by atoms with van der Waals surface area (Å²) in [5.74, 6) is 0.605. The summed E-state index contributed by atoms with van der Waals surface area (Å²) >= 11 is 0. The van der Waals surface area contributed by atoms with E-state index in [1.807, 2.05) is 12.1 Å². The molecule has 9 heteroatoms. The Kier molecular flexibility index (Phi) is 5.76. The molecule has 0 bridgehead atoms. The minimum atomic E-state index is -0.441. The molecule has 3 rings (SSSR count). The molecule has 0 aliphatic carbocycles. The van der Waals surface area contributed by atoms with Gasteiger partial charge in [-0.05, 0) is 35.2 Å². The third kappa shape index (κ3) is 4.05. The van der Waals surface area contributed by atoms with Crippen LogP contribution in [0.3, 0.4) is 0 Å². The lowest BCUT2D eigenvalue weighted by atomic mass is 10.0. The Morgan fingerprint density at radius 3 is 2.89 bits per heavy atom. The maximum Gasteiger partial charge on any atom is 0.270 e. The fraction of sp³-hybridized carbons (Fsp3) is 0.316. The highest BCUT2D eigenvalue weighted by atomic mass is 16.6. The molecule has 9 nitrogen and oxygen atoms in total. The third-order valence-corrected chi connectivity index (χ3v) is 4.79. The van der Waals surface area contributed by atoms with E-state index in [2.05, 4.69) is 10.0 Å². The zero-order valence-electron chi connectivity index (χ0n) is 15.3. The van der Waals surface area contributed by atoms with Crippen LogP contribution in [-0.2, 0) is 11.3 Å². The van der Waals surface area contributed by atoms with Crippen molar-refractivity contribution in [3.63, 3.8) is 0 Å². The van der Waals surface area contributed by atoms with Crippen molar-refractivity contribution in [2.24, 2.45) is 5.11 Å². The van der Waals surface area contributed by atoms with Crippen molar-refractivity contribution in [1.82, 2.24) is 4.90 Å².